The molecule has 0 saturated carbocycles. The van der Waals surface area contributed by atoms with Gasteiger partial charge in [-0.2, -0.15) is 0 Å². The zero-order valence-corrected chi connectivity index (χ0v) is 17.3. The largest absolute Gasteiger partial charge is 0.505 e. The van der Waals surface area contributed by atoms with Gasteiger partial charge in [-0.15, -0.1) is 0 Å². The minimum atomic E-state index is -1.31. The molecule has 0 aromatic rings. The smallest absolute Gasteiger partial charge is 0.450 e. The van der Waals surface area contributed by atoms with E-state index in [4.69, 9.17) is 43.0 Å². The van der Waals surface area contributed by atoms with E-state index in [1.807, 2.05) is 0 Å². The van der Waals surface area contributed by atoms with Crippen molar-refractivity contribution in [3.05, 3.63) is 0 Å². The molecule has 174 valence electrons. The summed E-state index contributed by atoms with van der Waals surface area (Å²) < 4.78 is 46.3. The molecule has 0 aliphatic carbocycles. The first-order valence-electron chi connectivity index (χ1n) is 9.66. The number of carboxylic acid groups (broad SMARTS) is 1. The van der Waals surface area contributed by atoms with Crippen molar-refractivity contribution < 1.29 is 52.5 Å². The first kappa shape index (κ1) is 27.9. The lowest BCUT2D eigenvalue weighted by atomic mass is 10.6. The van der Waals surface area contributed by atoms with Crippen LogP contribution in [0, 0.1) is 0 Å². The van der Waals surface area contributed by atoms with Crippen molar-refractivity contribution >= 4 is 6.16 Å². The van der Waals surface area contributed by atoms with Crippen LogP contribution in [0.4, 0.5) is 4.79 Å². The van der Waals surface area contributed by atoms with Gasteiger partial charge >= 0.3 is 6.16 Å². The molecule has 0 aromatic carbocycles. The highest BCUT2D eigenvalue weighted by molar-refractivity contribution is 5.56. The summed E-state index contributed by atoms with van der Waals surface area (Å²) in [4.78, 5) is 10.1. The van der Waals surface area contributed by atoms with Crippen molar-refractivity contribution in [2.24, 2.45) is 0 Å². The lowest BCUT2D eigenvalue weighted by molar-refractivity contribution is -0.0236. The highest BCUT2D eigenvalue weighted by atomic mass is 16.7. The van der Waals surface area contributed by atoms with E-state index in [0.29, 0.717) is 92.5 Å². The van der Waals surface area contributed by atoms with Gasteiger partial charge in [0, 0.05) is 7.11 Å². The van der Waals surface area contributed by atoms with Gasteiger partial charge in [-0.1, -0.05) is 0 Å². The van der Waals surface area contributed by atoms with Gasteiger partial charge in [0.25, 0.3) is 0 Å². The quantitative estimate of drug-likeness (QED) is 0.170. The Morgan fingerprint density at radius 2 is 0.724 bits per heavy atom. The van der Waals surface area contributed by atoms with E-state index >= 15 is 0 Å². The SMILES string of the molecule is COCCOCCOCCOCCOCCOCCOCCOCCOC(=O)O. The number of carbonyl (C=O) groups is 1. The van der Waals surface area contributed by atoms with Crippen LogP contribution in [0.25, 0.3) is 0 Å². The van der Waals surface area contributed by atoms with Crippen molar-refractivity contribution in [2.45, 2.75) is 0 Å². The average Bonchev–Trinajstić information content (AvgIpc) is 2.71. The van der Waals surface area contributed by atoms with Crippen LogP contribution in [-0.4, -0.2) is 124 Å². The summed E-state index contributed by atoms with van der Waals surface area (Å²) >= 11 is 0. The van der Waals surface area contributed by atoms with Crippen molar-refractivity contribution in [2.75, 3.05) is 113 Å². The van der Waals surface area contributed by atoms with Gasteiger partial charge in [0.15, 0.2) is 0 Å². The molecule has 0 amide bonds. The van der Waals surface area contributed by atoms with E-state index in [0.717, 1.165) is 0 Å². The van der Waals surface area contributed by atoms with Gasteiger partial charge in [0.1, 0.15) is 6.61 Å². The molecular formula is C18H36O11. The summed E-state index contributed by atoms with van der Waals surface area (Å²) in [6, 6.07) is 0. The summed E-state index contributed by atoms with van der Waals surface area (Å²) in [7, 11) is 1.64. The molecule has 1 N–H and O–H groups in total. The highest BCUT2D eigenvalue weighted by Gasteiger charge is 1.96. The average molecular weight is 428 g/mol. The van der Waals surface area contributed by atoms with Crippen molar-refractivity contribution in [1.29, 1.82) is 0 Å². The van der Waals surface area contributed by atoms with E-state index in [-0.39, 0.29) is 13.2 Å². The predicted octanol–water partition coefficient (Wildman–Crippen LogP) is 0.444. The Morgan fingerprint density at radius 1 is 0.483 bits per heavy atom. The fraction of sp³-hybridized carbons (Fsp3) is 0.944. The molecule has 0 rings (SSSR count). The molecule has 0 unspecified atom stereocenters. The molecule has 0 fully saturated rings. The fourth-order valence-electron chi connectivity index (χ4n) is 1.75. The lowest BCUT2D eigenvalue weighted by Gasteiger charge is -2.08. The van der Waals surface area contributed by atoms with Crippen LogP contribution >= 0.6 is 0 Å². The maximum absolute atomic E-state index is 10.1. The molecule has 0 aliphatic rings. The van der Waals surface area contributed by atoms with E-state index in [2.05, 4.69) is 4.74 Å². The van der Waals surface area contributed by atoms with Gasteiger partial charge in [0.05, 0.1) is 99.1 Å². The minimum absolute atomic E-state index is 0.0163. The number of hydrogen-bond donors (Lipinski definition) is 1. The summed E-state index contributed by atoms with van der Waals surface area (Å²) in [5.41, 5.74) is 0. The third-order valence-corrected chi connectivity index (χ3v) is 3.12. The maximum atomic E-state index is 10.1. The third kappa shape index (κ3) is 26.9. The Morgan fingerprint density at radius 3 is 0.966 bits per heavy atom. The molecule has 0 radical (unpaired) electrons. The Hall–Kier alpha value is -1.05. The van der Waals surface area contributed by atoms with Crippen LogP contribution < -0.4 is 0 Å². The van der Waals surface area contributed by atoms with Gasteiger partial charge in [0.2, 0.25) is 0 Å². The van der Waals surface area contributed by atoms with Crippen LogP contribution in [0.15, 0.2) is 0 Å². The van der Waals surface area contributed by atoms with Crippen molar-refractivity contribution in [1.82, 2.24) is 0 Å². The first-order valence-corrected chi connectivity index (χ1v) is 9.66. The second-order valence-electron chi connectivity index (χ2n) is 5.39. The van der Waals surface area contributed by atoms with Gasteiger partial charge in [-0.05, 0) is 0 Å². The summed E-state index contributed by atoms with van der Waals surface area (Å²) in [6.45, 7) is 7.23. The van der Waals surface area contributed by atoms with E-state index in [1.54, 1.807) is 7.11 Å². The number of rotatable bonds is 24. The van der Waals surface area contributed by atoms with E-state index < -0.39 is 6.16 Å². The highest BCUT2D eigenvalue weighted by Crippen LogP contribution is 1.86. The molecule has 0 saturated heterocycles. The zero-order chi connectivity index (χ0) is 21.3. The Balaban J connectivity index is 2.99. The van der Waals surface area contributed by atoms with Crippen LogP contribution in [0.1, 0.15) is 0 Å². The van der Waals surface area contributed by atoms with E-state index in [1.165, 1.54) is 0 Å². The van der Waals surface area contributed by atoms with Gasteiger partial charge in [-0.25, -0.2) is 4.79 Å². The molecule has 29 heavy (non-hydrogen) atoms. The van der Waals surface area contributed by atoms with Crippen LogP contribution in [0.3, 0.4) is 0 Å². The third-order valence-electron chi connectivity index (χ3n) is 3.12. The molecule has 11 heteroatoms. The topological polar surface area (TPSA) is 120 Å². The molecule has 0 aliphatic heterocycles. The van der Waals surface area contributed by atoms with Crippen LogP contribution in [0.2, 0.25) is 0 Å². The van der Waals surface area contributed by atoms with Gasteiger partial charge in [-0.3, -0.25) is 0 Å². The molecule has 11 nitrogen and oxygen atoms in total. The summed E-state index contributed by atoms with van der Waals surface area (Å²) in [6.07, 6.45) is -1.31. The molecule has 0 aromatic heterocycles. The summed E-state index contributed by atoms with van der Waals surface area (Å²) in [5, 5.41) is 8.25. The normalized spacial score (nSPS) is 11.1. The molecular weight excluding hydrogens is 392 g/mol. The Kier molecular flexibility index (Phi) is 24.1. The fourth-order valence-corrected chi connectivity index (χ4v) is 1.75. The summed E-state index contributed by atoms with van der Waals surface area (Å²) in [5.74, 6) is 0. The maximum Gasteiger partial charge on any atom is 0.505 e. The molecule has 0 atom stereocenters. The van der Waals surface area contributed by atoms with Crippen LogP contribution in [-0.2, 0) is 42.6 Å². The molecule has 0 bridgehead atoms. The second-order valence-corrected chi connectivity index (χ2v) is 5.39. The van der Waals surface area contributed by atoms with Crippen molar-refractivity contribution in [3.63, 3.8) is 0 Å². The van der Waals surface area contributed by atoms with E-state index in [9.17, 15) is 4.79 Å². The first-order chi connectivity index (χ1) is 14.3. The standard InChI is InChI=1S/C18H36O11/c1-21-2-3-22-4-5-23-6-7-24-8-9-25-10-11-26-12-13-27-14-15-28-16-17-29-18(19)20/h2-17H2,1H3,(H,19,20). The number of methoxy groups -OCH3 is 1. The Bertz CT molecular complexity index is 331. The predicted molar refractivity (Wildman–Crippen MR) is 102 cm³/mol. The second kappa shape index (κ2) is 25.0. The molecule has 0 spiro atoms. The van der Waals surface area contributed by atoms with Crippen molar-refractivity contribution in [3.8, 4) is 0 Å². The van der Waals surface area contributed by atoms with Gasteiger partial charge < -0.3 is 47.7 Å². The zero-order valence-electron chi connectivity index (χ0n) is 17.3. The van der Waals surface area contributed by atoms with Crippen LogP contribution in [0.5, 0.6) is 0 Å². The monoisotopic (exact) mass is 428 g/mol. The number of ether oxygens (including phenoxy) is 9. The number of hydrogen-bond acceptors (Lipinski definition) is 10. The molecule has 0 heterocycles. The lowest BCUT2D eigenvalue weighted by Crippen LogP contribution is -2.15. The minimum Gasteiger partial charge on any atom is -0.450 e. The Labute approximate surface area is 172 Å².